The van der Waals surface area contributed by atoms with E-state index in [1.165, 1.54) is 75.4 Å². The summed E-state index contributed by atoms with van der Waals surface area (Å²) in [6, 6.07) is 85.5. The number of thiophene rings is 1. The molecule has 11 nitrogen and oxygen atoms in total. The standard InChI is InChI=1S/C19H15S.C18H13S2.C18H13S.C17H18F6O5S.C15H16F6O6S/c1-2-10-17(11-3-1)20-18-12-6-4-8-15(18)14-16-9-5-7-13-19(16)20;1-2-8-14(9-3-1)20-17-12-6-4-10-15(17)19-16-11-5-7-13-18(16)20;1-2-8-14(9-3-1)19-17-12-6-4-10-15(17)16-11-5-7-13-18(16)19;18-16(19,20)15(17(21,22)23,6-29(25,26)27)28-14(24)11-5-9-4-10(11)13-8-2-1-7(3-8)12(9)13;16-14(17,18)13(15(19,20)21,6-28(24,25)26)27-11(23)12-3-7-1-8(4-12)10(22)9(2-7)5-12/h1-13H,14H2;1-13H;1-13H;1-2,7-13H,3-6H2,(H,25,26,27);7-9H,1-6H2,(H,24,25,26)/q3*+1;;/p-2. The van der Waals surface area contributed by atoms with Gasteiger partial charge in [-0.25, -0.2) is 16.8 Å². The highest BCUT2D eigenvalue weighted by Gasteiger charge is 2.78. The number of fused-ring (bicyclic) bond motifs is 16. The lowest BCUT2D eigenvalue weighted by molar-refractivity contribution is -0.364. The maximum absolute atomic E-state index is 13.4. The van der Waals surface area contributed by atoms with Gasteiger partial charge in [0.2, 0.25) is 0 Å². The van der Waals surface area contributed by atoms with Crippen molar-refractivity contribution in [3.8, 4) is 4.90 Å². The third-order valence-electron chi connectivity index (χ3n) is 23.7. The largest absolute Gasteiger partial charge is 0.748 e. The van der Waals surface area contributed by atoms with E-state index in [2.05, 4.69) is 252 Å². The average Bonchev–Trinajstić information content (AvgIpc) is 1.54. The molecule has 0 spiro atoms. The molecule has 8 aliphatic carbocycles. The number of benzene rings is 9. The van der Waals surface area contributed by atoms with Crippen LogP contribution in [0.25, 0.3) is 25.1 Å². The Hall–Kier alpha value is -8.42. The maximum Gasteiger partial charge on any atom is 0.438 e. The van der Waals surface area contributed by atoms with E-state index < -0.39 is 109 Å². The topological polar surface area (TPSA) is 184 Å². The number of esters is 2. The molecule has 9 unspecified atom stereocenters. The molecule has 3 heterocycles. The zero-order chi connectivity index (χ0) is 82.3. The highest BCUT2D eigenvalue weighted by atomic mass is 32.2. The molecule has 7 saturated carbocycles. The van der Waals surface area contributed by atoms with Crippen LogP contribution in [0.2, 0.25) is 0 Å². The van der Waals surface area contributed by atoms with Gasteiger partial charge in [-0.1, -0.05) is 163 Å². The molecule has 0 N–H and O–H groups in total. The fraction of sp³-hybridized carbons (Fsp3) is 0.322. The molecule has 9 aromatic carbocycles. The normalized spacial score (nSPS) is 24.2. The van der Waals surface area contributed by atoms with Crippen LogP contribution in [0.3, 0.4) is 0 Å². The monoisotopic (exact) mass is 1710 g/mol. The van der Waals surface area contributed by atoms with Crippen LogP contribution in [0, 0.1) is 64.6 Å². The number of carbonyl (C=O) groups excluding carboxylic acids is 3. The third-order valence-corrected chi connectivity index (χ3v) is 33.7. The Morgan fingerprint density at radius 3 is 1.28 bits per heavy atom. The van der Waals surface area contributed by atoms with Crippen LogP contribution in [-0.4, -0.2) is 91.1 Å². The lowest BCUT2D eigenvalue weighted by Crippen LogP contribution is -2.65. The van der Waals surface area contributed by atoms with Gasteiger partial charge in [0, 0.05) is 50.6 Å². The molecule has 0 saturated heterocycles. The van der Waals surface area contributed by atoms with E-state index in [0.717, 1.165) is 12.8 Å². The molecular formula is C87H73F12O11S6+. The summed E-state index contributed by atoms with van der Waals surface area (Å²) in [6.45, 7) is 0. The van der Waals surface area contributed by atoms with Gasteiger partial charge in [0.1, 0.15) is 16.7 Å². The van der Waals surface area contributed by atoms with Crippen molar-refractivity contribution < 1.29 is 102 Å². The van der Waals surface area contributed by atoms with Crippen molar-refractivity contribution in [2.24, 2.45) is 64.6 Å². The first-order valence-corrected chi connectivity index (χ1v) is 45.0. The molecule has 1 aromatic heterocycles. The third kappa shape index (κ3) is 15.9. The summed E-state index contributed by atoms with van der Waals surface area (Å²) in [6.07, 6.45) is -18.5. The van der Waals surface area contributed by atoms with Crippen molar-refractivity contribution in [3.05, 3.63) is 260 Å². The number of rotatable bonds is 11. The fourth-order valence-electron chi connectivity index (χ4n) is 19.2. The Bertz CT molecular complexity index is 5300. The first kappa shape index (κ1) is 82.7. The van der Waals surface area contributed by atoms with Gasteiger partial charge in [-0.15, -0.1) is 0 Å². The van der Waals surface area contributed by atoms with E-state index in [4.69, 9.17) is 0 Å². The average molecular weight is 1710 g/mol. The molecule has 7 fully saturated rings. The van der Waals surface area contributed by atoms with E-state index in [0.29, 0.717) is 25.2 Å². The van der Waals surface area contributed by atoms with Crippen molar-refractivity contribution in [1.29, 1.82) is 0 Å². The molecular weight excluding hydrogens is 1640 g/mol. The number of alkyl halides is 12. The Labute approximate surface area is 673 Å². The summed E-state index contributed by atoms with van der Waals surface area (Å²) in [4.78, 5) is 50.0. The fourth-order valence-corrected chi connectivity index (χ4v) is 29.5. The summed E-state index contributed by atoms with van der Waals surface area (Å²) in [5.41, 5.74) is -9.63. The zero-order valence-electron chi connectivity index (χ0n) is 61.2. The van der Waals surface area contributed by atoms with Crippen molar-refractivity contribution in [2.75, 3.05) is 11.5 Å². The number of ether oxygens (including phenoxy) is 2. The van der Waals surface area contributed by atoms with Crippen LogP contribution in [-0.2, 0) is 72.3 Å². The van der Waals surface area contributed by atoms with Crippen molar-refractivity contribution in [3.63, 3.8) is 0 Å². The van der Waals surface area contributed by atoms with E-state index in [1.54, 1.807) is 0 Å². The molecule has 9 atom stereocenters. The smallest absolute Gasteiger partial charge is 0.438 e. The van der Waals surface area contributed by atoms with E-state index in [9.17, 15) is 93.0 Å². The molecule has 8 bridgehead atoms. The molecule has 116 heavy (non-hydrogen) atoms. The van der Waals surface area contributed by atoms with E-state index >= 15 is 0 Å². The molecule has 606 valence electrons. The van der Waals surface area contributed by atoms with E-state index in [-0.39, 0.29) is 93.3 Å². The summed E-state index contributed by atoms with van der Waals surface area (Å²) in [5.74, 6) is -12.0. The minimum Gasteiger partial charge on any atom is -0.748 e. The van der Waals surface area contributed by atoms with Crippen LogP contribution in [0.1, 0.15) is 62.5 Å². The number of Topliss-reactive ketones (excluding diaryl/α,β-unsaturated/α-hetero) is 1. The van der Waals surface area contributed by atoms with E-state index in [1.807, 2.05) is 17.8 Å². The Balaban J connectivity index is 0.000000115. The quantitative estimate of drug-likeness (QED) is 0.0299. The Kier molecular flexibility index (Phi) is 22.6. The summed E-state index contributed by atoms with van der Waals surface area (Å²) >= 11 is 1.89. The number of hydrogen-bond donors (Lipinski definition) is 0. The first-order valence-electron chi connectivity index (χ1n) is 37.4. The predicted octanol–water partition coefficient (Wildman–Crippen LogP) is 21.0. The Morgan fingerprint density at radius 2 is 0.828 bits per heavy atom. The Morgan fingerprint density at radius 1 is 0.440 bits per heavy atom. The molecule has 0 amide bonds. The number of allylic oxidation sites excluding steroid dienone is 2. The van der Waals surface area contributed by atoms with Crippen LogP contribution in [0.5, 0.6) is 0 Å². The molecule has 10 aliphatic rings. The van der Waals surface area contributed by atoms with Crippen LogP contribution < -0.4 is 0 Å². The predicted molar refractivity (Wildman–Crippen MR) is 415 cm³/mol. The molecule has 29 heteroatoms. The number of hydrogen-bond acceptors (Lipinski definition) is 12. The minimum absolute atomic E-state index is 0.00992. The maximum atomic E-state index is 13.4. The van der Waals surface area contributed by atoms with Gasteiger partial charge in [0.25, 0.3) is 0 Å². The summed E-state index contributed by atoms with van der Waals surface area (Å²) < 4.78 is 236. The molecule has 0 radical (unpaired) electrons. The van der Waals surface area contributed by atoms with Gasteiger partial charge >= 0.3 is 47.8 Å². The van der Waals surface area contributed by atoms with Crippen LogP contribution >= 0.6 is 22.2 Å². The van der Waals surface area contributed by atoms with Crippen molar-refractivity contribution >= 4 is 102 Å². The molecule has 10 aromatic rings. The van der Waals surface area contributed by atoms with Gasteiger partial charge in [0.15, 0.2) is 43.7 Å². The van der Waals surface area contributed by atoms with Gasteiger partial charge in [0.05, 0.1) is 63.8 Å². The first-order chi connectivity index (χ1) is 55.0. The van der Waals surface area contributed by atoms with Crippen LogP contribution in [0.15, 0.2) is 288 Å². The molecule has 20 rings (SSSR count). The van der Waals surface area contributed by atoms with Crippen molar-refractivity contribution in [1.82, 2.24) is 0 Å². The second kappa shape index (κ2) is 31.7. The van der Waals surface area contributed by atoms with Gasteiger partial charge in [-0.3, -0.25) is 14.4 Å². The zero-order valence-corrected chi connectivity index (χ0v) is 66.1. The van der Waals surface area contributed by atoms with Gasteiger partial charge < -0.3 is 18.6 Å². The summed E-state index contributed by atoms with van der Waals surface area (Å²) in [7, 11) is -12.0. The molecule has 2 aliphatic heterocycles. The lowest BCUT2D eigenvalue weighted by Gasteiger charge is -2.54. The van der Waals surface area contributed by atoms with Crippen LogP contribution in [0.4, 0.5) is 52.7 Å². The second-order valence-electron chi connectivity index (χ2n) is 30.7. The van der Waals surface area contributed by atoms with Gasteiger partial charge in [-0.05, 0) is 190 Å². The lowest BCUT2D eigenvalue weighted by atomic mass is 9.49. The number of carbonyl (C=O) groups is 3. The highest BCUT2D eigenvalue weighted by molar-refractivity contribution is 8.04. The van der Waals surface area contributed by atoms with Crippen molar-refractivity contribution in [2.45, 2.75) is 133 Å². The summed E-state index contributed by atoms with van der Waals surface area (Å²) in [5, 5.41) is 2.79. The van der Waals surface area contributed by atoms with Gasteiger partial charge in [-0.2, -0.15) is 52.7 Å². The number of halogens is 12. The second-order valence-corrected chi connectivity index (χ2v) is 40.5. The number of ketones is 1. The SMILES string of the molecule is O=C(OC(CS(=O)(=O)[O-])(C(F)(F)F)C(F)(F)F)C1CC2CC1C1C3C=CC(C3)C21.O=C1C2CC3CC1CC(C(=O)OC(CS(=O)(=O)[O-])(C(F)(F)F)C(F)(F)F)(C3)C2.c1ccc(-[s+]2c3ccccc3c3ccccc32)cc1.c1ccc([S+]2c3ccccc3Cc3ccccc32)cc1.c1ccc([S+]2c3ccccc3Sc3ccccc32)cc1. The highest BCUT2D eigenvalue weighted by Crippen LogP contribution is 2.68. The minimum atomic E-state index is -6.39.